The molecular weight excluding hydrogens is 284 g/mol. The van der Waals surface area contributed by atoms with Gasteiger partial charge in [0, 0.05) is 18.1 Å². The highest BCUT2D eigenvalue weighted by atomic mass is 35.5. The second kappa shape index (κ2) is 6.58. The number of morpholine rings is 1. The van der Waals surface area contributed by atoms with Gasteiger partial charge in [-0.3, -0.25) is 0 Å². The fraction of sp³-hybridized carbons (Fsp3) is 0.385. The van der Waals surface area contributed by atoms with Crippen molar-refractivity contribution in [2.45, 2.75) is 12.6 Å². The molecule has 2 N–H and O–H groups in total. The van der Waals surface area contributed by atoms with Gasteiger partial charge in [0.2, 0.25) is 0 Å². The smallest absolute Gasteiger partial charge is 0.328 e. The number of hydrogen-bond donors (Lipinski definition) is 2. The van der Waals surface area contributed by atoms with Crippen LogP contribution in [0.15, 0.2) is 24.3 Å². The van der Waals surface area contributed by atoms with Crippen molar-refractivity contribution in [3.63, 3.8) is 0 Å². The standard InChI is InChI=1S/C13H15ClN2O4/c14-10-3-1-9(2-4-10)7-15-13(19)16-5-6-20-8-11(16)12(17)18/h1-4,11H,5-8H2,(H,15,19)(H,17,18). The zero-order chi connectivity index (χ0) is 14.5. The number of carboxylic acids is 1. The van der Waals surface area contributed by atoms with Crippen molar-refractivity contribution < 1.29 is 19.4 Å². The van der Waals surface area contributed by atoms with Gasteiger partial charge in [-0.1, -0.05) is 23.7 Å². The number of hydrogen-bond acceptors (Lipinski definition) is 3. The monoisotopic (exact) mass is 298 g/mol. The number of rotatable bonds is 3. The summed E-state index contributed by atoms with van der Waals surface area (Å²) in [7, 11) is 0. The Morgan fingerprint density at radius 2 is 2.10 bits per heavy atom. The second-order valence-corrected chi connectivity index (χ2v) is 4.84. The number of carbonyl (C=O) groups excluding carboxylic acids is 1. The van der Waals surface area contributed by atoms with Crippen LogP contribution in [0.4, 0.5) is 4.79 Å². The molecule has 0 saturated carbocycles. The van der Waals surface area contributed by atoms with Gasteiger partial charge in [-0.25, -0.2) is 9.59 Å². The number of benzene rings is 1. The van der Waals surface area contributed by atoms with Crippen LogP contribution >= 0.6 is 11.6 Å². The SMILES string of the molecule is O=C(O)C1COCCN1C(=O)NCc1ccc(Cl)cc1. The zero-order valence-electron chi connectivity index (χ0n) is 10.7. The first-order valence-corrected chi connectivity index (χ1v) is 6.55. The quantitative estimate of drug-likeness (QED) is 0.882. The average molecular weight is 299 g/mol. The predicted molar refractivity (Wildman–Crippen MR) is 72.6 cm³/mol. The lowest BCUT2D eigenvalue weighted by molar-refractivity contribution is -0.147. The Hall–Kier alpha value is -1.79. The summed E-state index contributed by atoms with van der Waals surface area (Å²) in [5.74, 6) is -1.06. The summed E-state index contributed by atoms with van der Waals surface area (Å²) < 4.78 is 5.08. The molecule has 0 aliphatic carbocycles. The molecule has 1 heterocycles. The molecule has 6 nitrogen and oxygen atoms in total. The number of ether oxygens (including phenoxy) is 1. The number of carboxylic acid groups (broad SMARTS) is 1. The molecule has 2 rings (SSSR count). The van der Waals surface area contributed by atoms with Gasteiger partial charge in [0.1, 0.15) is 0 Å². The van der Waals surface area contributed by atoms with Crippen molar-refractivity contribution in [2.75, 3.05) is 19.8 Å². The van der Waals surface area contributed by atoms with Crippen LogP contribution in [0.3, 0.4) is 0 Å². The molecule has 1 aliphatic rings. The molecule has 0 spiro atoms. The van der Waals surface area contributed by atoms with Crippen LogP contribution in [-0.2, 0) is 16.1 Å². The summed E-state index contributed by atoms with van der Waals surface area (Å²) in [5, 5.41) is 12.4. The molecule has 1 aliphatic heterocycles. The molecule has 1 saturated heterocycles. The molecule has 1 fully saturated rings. The highest BCUT2D eigenvalue weighted by Crippen LogP contribution is 2.10. The first-order valence-electron chi connectivity index (χ1n) is 6.17. The molecule has 1 atom stereocenters. The van der Waals surface area contributed by atoms with E-state index in [9.17, 15) is 9.59 Å². The van der Waals surface area contributed by atoms with E-state index < -0.39 is 18.0 Å². The summed E-state index contributed by atoms with van der Waals surface area (Å²) in [6.07, 6.45) is 0. The number of urea groups is 1. The highest BCUT2D eigenvalue weighted by molar-refractivity contribution is 6.30. The van der Waals surface area contributed by atoms with Crippen LogP contribution in [0, 0.1) is 0 Å². The van der Waals surface area contributed by atoms with Gasteiger partial charge in [-0.05, 0) is 17.7 Å². The number of halogens is 1. The van der Waals surface area contributed by atoms with Crippen molar-refractivity contribution >= 4 is 23.6 Å². The summed E-state index contributed by atoms with van der Waals surface area (Å²) >= 11 is 5.78. The zero-order valence-corrected chi connectivity index (χ0v) is 11.5. The largest absolute Gasteiger partial charge is 0.480 e. The Bertz CT molecular complexity index is 492. The number of nitrogens with one attached hydrogen (secondary N) is 1. The maximum Gasteiger partial charge on any atom is 0.328 e. The van der Waals surface area contributed by atoms with Crippen molar-refractivity contribution in [1.82, 2.24) is 10.2 Å². The minimum absolute atomic E-state index is 0.0176. The van der Waals surface area contributed by atoms with E-state index in [2.05, 4.69) is 5.32 Å². The molecule has 7 heteroatoms. The molecule has 1 unspecified atom stereocenters. The molecule has 1 aromatic rings. The van der Waals surface area contributed by atoms with E-state index in [1.165, 1.54) is 4.90 Å². The molecule has 2 amide bonds. The molecule has 0 bridgehead atoms. The summed E-state index contributed by atoms with van der Waals surface area (Å²) in [6.45, 7) is 0.949. The van der Waals surface area contributed by atoms with E-state index in [1.54, 1.807) is 24.3 Å². The first kappa shape index (κ1) is 14.6. The molecule has 20 heavy (non-hydrogen) atoms. The van der Waals surface area contributed by atoms with E-state index in [0.29, 0.717) is 18.2 Å². The number of amides is 2. The van der Waals surface area contributed by atoms with Crippen LogP contribution in [0.5, 0.6) is 0 Å². The highest BCUT2D eigenvalue weighted by Gasteiger charge is 2.32. The maximum absolute atomic E-state index is 12.0. The topological polar surface area (TPSA) is 78.9 Å². The Morgan fingerprint density at radius 1 is 1.40 bits per heavy atom. The number of carbonyl (C=O) groups is 2. The maximum atomic E-state index is 12.0. The Balaban J connectivity index is 1.93. The van der Waals surface area contributed by atoms with Crippen molar-refractivity contribution in [3.05, 3.63) is 34.9 Å². The summed E-state index contributed by atoms with van der Waals surface area (Å²) in [4.78, 5) is 24.4. The van der Waals surface area contributed by atoms with Gasteiger partial charge in [0.05, 0.1) is 13.2 Å². The Labute approximate surface area is 121 Å². The van der Waals surface area contributed by atoms with Crippen molar-refractivity contribution in [2.24, 2.45) is 0 Å². The van der Waals surface area contributed by atoms with Crippen molar-refractivity contribution in [1.29, 1.82) is 0 Å². The van der Waals surface area contributed by atoms with E-state index >= 15 is 0 Å². The van der Waals surface area contributed by atoms with Gasteiger partial charge in [0.15, 0.2) is 6.04 Å². The fourth-order valence-electron chi connectivity index (χ4n) is 1.93. The van der Waals surface area contributed by atoms with E-state index in [1.807, 2.05) is 0 Å². The van der Waals surface area contributed by atoms with Crippen molar-refractivity contribution in [3.8, 4) is 0 Å². The average Bonchev–Trinajstić information content (AvgIpc) is 2.46. The number of nitrogens with zero attached hydrogens (tertiary/aromatic N) is 1. The lowest BCUT2D eigenvalue weighted by atomic mass is 10.2. The third-order valence-corrected chi connectivity index (χ3v) is 3.28. The molecule has 0 radical (unpaired) electrons. The van der Waals surface area contributed by atoms with Crippen LogP contribution < -0.4 is 5.32 Å². The van der Waals surface area contributed by atoms with Crippen LogP contribution in [0.1, 0.15) is 5.56 Å². The lowest BCUT2D eigenvalue weighted by Gasteiger charge is -2.32. The Kier molecular flexibility index (Phi) is 4.81. The normalized spacial score (nSPS) is 18.6. The summed E-state index contributed by atoms with van der Waals surface area (Å²) in [5.41, 5.74) is 0.892. The fourth-order valence-corrected chi connectivity index (χ4v) is 2.06. The van der Waals surface area contributed by atoms with Crippen LogP contribution in [0.25, 0.3) is 0 Å². The molecule has 0 aromatic heterocycles. The van der Waals surface area contributed by atoms with E-state index in [0.717, 1.165) is 5.56 Å². The van der Waals surface area contributed by atoms with Gasteiger partial charge >= 0.3 is 12.0 Å². The first-order chi connectivity index (χ1) is 9.58. The third-order valence-electron chi connectivity index (χ3n) is 3.03. The van der Waals surface area contributed by atoms with Crippen LogP contribution in [-0.4, -0.2) is 47.8 Å². The Morgan fingerprint density at radius 3 is 2.75 bits per heavy atom. The second-order valence-electron chi connectivity index (χ2n) is 4.41. The number of aliphatic carboxylic acids is 1. The molecular formula is C13H15ClN2O4. The van der Waals surface area contributed by atoms with E-state index in [-0.39, 0.29) is 13.2 Å². The van der Waals surface area contributed by atoms with E-state index in [4.69, 9.17) is 21.4 Å². The summed E-state index contributed by atoms with van der Waals surface area (Å²) in [6, 6.07) is 5.73. The van der Waals surface area contributed by atoms with Gasteiger partial charge in [0.25, 0.3) is 0 Å². The van der Waals surface area contributed by atoms with Crippen LogP contribution in [0.2, 0.25) is 5.02 Å². The van der Waals surface area contributed by atoms with Gasteiger partial charge in [-0.15, -0.1) is 0 Å². The van der Waals surface area contributed by atoms with Gasteiger partial charge < -0.3 is 20.1 Å². The minimum Gasteiger partial charge on any atom is -0.480 e. The van der Waals surface area contributed by atoms with Gasteiger partial charge in [-0.2, -0.15) is 0 Å². The molecule has 1 aromatic carbocycles. The molecule has 108 valence electrons. The predicted octanol–water partition coefficient (Wildman–Crippen LogP) is 1.34. The lowest BCUT2D eigenvalue weighted by Crippen LogP contribution is -2.55. The minimum atomic E-state index is -1.06. The third kappa shape index (κ3) is 3.61.